The fraction of sp³-hybridized carbons (Fsp3) is 0.250. The zero-order chi connectivity index (χ0) is 11.5. The van der Waals surface area contributed by atoms with Crippen LogP contribution in [0.1, 0.15) is 22.2 Å². The van der Waals surface area contributed by atoms with Crippen molar-refractivity contribution in [3.8, 4) is 0 Å². The minimum atomic E-state index is 0.0386. The molecule has 0 aliphatic rings. The number of thiophene rings is 1. The summed E-state index contributed by atoms with van der Waals surface area (Å²) >= 11 is 5.26. The molecular weight excluding hydrogens is 284 g/mol. The number of rotatable bonds is 3. The molecule has 4 heteroatoms. The molecule has 2 heterocycles. The third-order valence-electron chi connectivity index (χ3n) is 2.45. The van der Waals surface area contributed by atoms with Gasteiger partial charge < -0.3 is 5.73 Å². The molecule has 0 amide bonds. The van der Waals surface area contributed by atoms with Crippen molar-refractivity contribution >= 4 is 27.3 Å². The largest absolute Gasteiger partial charge is 0.324 e. The van der Waals surface area contributed by atoms with E-state index in [0.29, 0.717) is 0 Å². The quantitative estimate of drug-likeness (QED) is 0.942. The Kier molecular flexibility index (Phi) is 3.74. The summed E-state index contributed by atoms with van der Waals surface area (Å²) in [6.45, 7) is 1.98. The molecule has 16 heavy (non-hydrogen) atoms. The van der Waals surface area contributed by atoms with E-state index in [2.05, 4.69) is 32.4 Å². The van der Waals surface area contributed by atoms with Crippen LogP contribution in [0, 0.1) is 6.92 Å². The summed E-state index contributed by atoms with van der Waals surface area (Å²) in [6, 6.07) is 6.13. The van der Waals surface area contributed by atoms with Crippen molar-refractivity contribution in [3.63, 3.8) is 0 Å². The van der Waals surface area contributed by atoms with Crippen LogP contribution in [0.3, 0.4) is 0 Å². The predicted molar refractivity (Wildman–Crippen MR) is 71.6 cm³/mol. The molecule has 0 aromatic carbocycles. The second-order valence-corrected chi connectivity index (χ2v) is 5.59. The van der Waals surface area contributed by atoms with Crippen LogP contribution in [0.15, 0.2) is 34.2 Å². The Hall–Kier alpha value is -0.710. The number of halogens is 1. The van der Waals surface area contributed by atoms with Crippen LogP contribution < -0.4 is 5.73 Å². The maximum atomic E-state index is 6.18. The molecule has 0 aliphatic heterocycles. The Labute approximate surface area is 108 Å². The lowest BCUT2D eigenvalue weighted by Crippen LogP contribution is -2.13. The van der Waals surface area contributed by atoms with E-state index in [1.54, 1.807) is 11.3 Å². The maximum Gasteiger partial charge on any atom is 0.0375 e. The Bertz CT molecular complexity index is 481. The number of aryl methyl sites for hydroxylation is 1. The van der Waals surface area contributed by atoms with Crippen LogP contribution in [0.4, 0.5) is 0 Å². The van der Waals surface area contributed by atoms with Gasteiger partial charge in [-0.15, -0.1) is 11.3 Å². The van der Waals surface area contributed by atoms with Crippen molar-refractivity contribution in [1.82, 2.24) is 4.98 Å². The van der Waals surface area contributed by atoms with Gasteiger partial charge >= 0.3 is 0 Å². The van der Waals surface area contributed by atoms with Gasteiger partial charge in [0.2, 0.25) is 0 Å². The summed E-state index contributed by atoms with van der Waals surface area (Å²) in [5.74, 6) is 0. The molecule has 0 saturated heterocycles. The minimum absolute atomic E-state index is 0.0386. The van der Waals surface area contributed by atoms with E-state index in [1.807, 2.05) is 25.3 Å². The molecule has 2 aromatic heterocycles. The van der Waals surface area contributed by atoms with E-state index in [9.17, 15) is 0 Å². The van der Waals surface area contributed by atoms with Gasteiger partial charge in [-0.2, -0.15) is 0 Å². The maximum absolute atomic E-state index is 6.18. The predicted octanol–water partition coefficient (Wildman–Crippen LogP) is 3.46. The van der Waals surface area contributed by atoms with Crippen molar-refractivity contribution in [3.05, 3.63) is 50.4 Å². The summed E-state index contributed by atoms with van der Waals surface area (Å²) in [6.07, 6.45) is 2.68. The molecule has 1 atom stereocenters. The highest BCUT2D eigenvalue weighted by atomic mass is 79.9. The highest BCUT2D eigenvalue weighted by Gasteiger charge is 2.10. The van der Waals surface area contributed by atoms with Gasteiger partial charge in [-0.1, -0.05) is 0 Å². The molecule has 2 rings (SSSR count). The topological polar surface area (TPSA) is 38.9 Å². The number of pyridine rings is 1. The van der Waals surface area contributed by atoms with Crippen molar-refractivity contribution in [1.29, 1.82) is 0 Å². The van der Waals surface area contributed by atoms with Crippen LogP contribution in [0.2, 0.25) is 0 Å². The normalized spacial score (nSPS) is 12.7. The highest BCUT2D eigenvalue weighted by molar-refractivity contribution is 9.10. The van der Waals surface area contributed by atoms with Gasteiger partial charge in [0.25, 0.3) is 0 Å². The summed E-state index contributed by atoms with van der Waals surface area (Å²) in [5.41, 5.74) is 8.34. The lowest BCUT2D eigenvalue weighted by Gasteiger charge is -2.11. The monoisotopic (exact) mass is 296 g/mol. The molecular formula is C12H13BrN2S. The molecule has 2 nitrogen and oxygen atoms in total. The fourth-order valence-corrected chi connectivity index (χ4v) is 3.16. The summed E-state index contributed by atoms with van der Waals surface area (Å²) in [7, 11) is 0. The first kappa shape index (κ1) is 11.8. The molecule has 0 spiro atoms. The number of nitrogens with two attached hydrogens (primary N) is 1. The number of hydrogen-bond donors (Lipinski definition) is 1. The number of hydrogen-bond acceptors (Lipinski definition) is 3. The van der Waals surface area contributed by atoms with Crippen molar-refractivity contribution in [2.75, 3.05) is 0 Å². The zero-order valence-corrected chi connectivity index (χ0v) is 11.4. The zero-order valence-electron chi connectivity index (χ0n) is 8.98. The van der Waals surface area contributed by atoms with Crippen molar-refractivity contribution < 1.29 is 0 Å². The average Bonchev–Trinajstić information content (AvgIpc) is 2.64. The van der Waals surface area contributed by atoms with Crippen molar-refractivity contribution in [2.24, 2.45) is 5.73 Å². The third kappa shape index (κ3) is 2.70. The van der Waals surface area contributed by atoms with Crippen LogP contribution >= 0.6 is 27.3 Å². The second kappa shape index (κ2) is 5.08. The Morgan fingerprint density at radius 2 is 2.31 bits per heavy atom. The first-order chi connectivity index (χ1) is 7.66. The Balaban J connectivity index is 2.14. The SMILES string of the molecule is Cc1cc(C(N)Cc2sccc2Br)ccn1. The average molecular weight is 297 g/mol. The first-order valence-electron chi connectivity index (χ1n) is 5.07. The number of aromatic nitrogens is 1. The number of nitrogens with zero attached hydrogens (tertiary/aromatic N) is 1. The van der Waals surface area contributed by atoms with Gasteiger partial charge in [0, 0.05) is 33.7 Å². The fourth-order valence-electron chi connectivity index (χ4n) is 1.59. The van der Waals surface area contributed by atoms with Gasteiger partial charge in [-0.3, -0.25) is 4.98 Å². The molecule has 84 valence electrons. The lowest BCUT2D eigenvalue weighted by molar-refractivity contribution is 0.725. The molecule has 0 radical (unpaired) electrons. The van der Waals surface area contributed by atoms with E-state index < -0.39 is 0 Å². The lowest BCUT2D eigenvalue weighted by atomic mass is 10.0. The highest BCUT2D eigenvalue weighted by Crippen LogP contribution is 2.27. The summed E-state index contributed by atoms with van der Waals surface area (Å²) < 4.78 is 1.15. The van der Waals surface area contributed by atoms with Gasteiger partial charge in [0.05, 0.1) is 0 Å². The Morgan fingerprint density at radius 1 is 1.50 bits per heavy atom. The summed E-state index contributed by atoms with van der Waals surface area (Å²) in [5, 5.41) is 2.07. The molecule has 2 N–H and O–H groups in total. The van der Waals surface area contributed by atoms with Crippen LogP contribution in [-0.2, 0) is 6.42 Å². The van der Waals surface area contributed by atoms with Crippen LogP contribution in [-0.4, -0.2) is 4.98 Å². The van der Waals surface area contributed by atoms with Crippen molar-refractivity contribution in [2.45, 2.75) is 19.4 Å². The third-order valence-corrected chi connectivity index (χ3v) is 4.39. The summed E-state index contributed by atoms with van der Waals surface area (Å²) in [4.78, 5) is 5.47. The van der Waals surface area contributed by atoms with Gasteiger partial charge in [-0.05, 0) is 52.0 Å². The molecule has 0 saturated carbocycles. The van der Waals surface area contributed by atoms with E-state index in [-0.39, 0.29) is 6.04 Å². The van der Waals surface area contributed by atoms with Crippen LogP contribution in [0.5, 0.6) is 0 Å². The van der Waals surface area contributed by atoms with E-state index in [4.69, 9.17) is 5.73 Å². The molecule has 0 aliphatic carbocycles. The van der Waals surface area contributed by atoms with E-state index >= 15 is 0 Å². The van der Waals surface area contributed by atoms with E-state index in [1.165, 1.54) is 4.88 Å². The Morgan fingerprint density at radius 3 is 2.94 bits per heavy atom. The molecule has 2 aromatic rings. The smallest absolute Gasteiger partial charge is 0.0375 e. The molecule has 1 unspecified atom stereocenters. The second-order valence-electron chi connectivity index (χ2n) is 3.73. The first-order valence-corrected chi connectivity index (χ1v) is 6.74. The molecule has 0 bridgehead atoms. The van der Waals surface area contributed by atoms with Gasteiger partial charge in [0.1, 0.15) is 0 Å². The minimum Gasteiger partial charge on any atom is -0.324 e. The van der Waals surface area contributed by atoms with Crippen LogP contribution in [0.25, 0.3) is 0 Å². The molecule has 0 fully saturated rings. The standard InChI is InChI=1S/C12H13BrN2S/c1-8-6-9(2-4-15-8)11(14)7-12-10(13)3-5-16-12/h2-6,11H,7,14H2,1H3. The van der Waals surface area contributed by atoms with E-state index in [0.717, 1.165) is 22.2 Å². The van der Waals surface area contributed by atoms with Gasteiger partial charge in [-0.25, -0.2) is 0 Å². The van der Waals surface area contributed by atoms with Gasteiger partial charge in [0.15, 0.2) is 0 Å².